The molecule has 0 radical (unpaired) electrons. The fourth-order valence-corrected chi connectivity index (χ4v) is 2.91. The quantitative estimate of drug-likeness (QED) is 0.623. The maximum Gasteiger partial charge on any atom is 0.414 e. The summed E-state index contributed by atoms with van der Waals surface area (Å²) >= 11 is 0. The summed E-state index contributed by atoms with van der Waals surface area (Å²) in [6.45, 7) is 5.75. The van der Waals surface area contributed by atoms with Crippen molar-refractivity contribution in [3.8, 4) is 11.5 Å². The Bertz CT molecular complexity index is 907. The minimum Gasteiger partial charge on any atom is -0.494 e. The van der Waals surface area contributed by atoms with Crippen LogP contribution in [0.2, 0.25) is 0 Å². The molecule has 2 N–H and O–H groups in total. The van der Waals surface area contributed by atoms with E-state index < -0.39 is 23.8 Å². The molecule has 0 spiro atoms. The number of hydrogen-bond donors (Lipinski definition) is 1. The highest BCUT2D eigenvalue weighted by Gasteiger charge is 2.29. The van der Waals surface area contributed by atoms with Gasteiger partial charge in [-0.05, 0) is 51.1 Å². The van der Waals surface area contributed by atoms with Gasteiger partial charge in [0.15, 0.2) is 0 Å². The summed E-state index contributed by atoms with van der Waals surface area (Å²) in [6.07, 6.45) is -0.547. The molecule has 0 aromatic heterocycles. The van der Waals surface area contributed by atoms with Crippen molar-refractivity contribution in [1.29, 1.82) is 0 Å². The van der Waals surface area contributed by atoms with Crippen molar-refractivity contribution in [1.82, 2.24) is 9.80 Å². The van der Waals surface area contributed by atoms with Crippen LogP contribution in [0.25, 0.3) is 0 Å². The summed E-state index contributed by atoms with van der Waals surface area (Å²) in [5.41, 5.74) is 6.40. The summed E-state index contributed by atoms with van der Waals surface area (Å²) < 4.78 is 17.0. The van der Waals surface area contributed by atoms with Gasteiger partial charge >= 0.3 is 12.2 Å². The second kappa shape index (κ2) is 10.7. The number of para-hydroxylation sites is 1. The molecular weight excluding hydrogens is 410 g/mol. The van der Waals surface area contributed by atoms with Gasteiger partial charge in [-0.2, -0.15) is 0 Å². The summed E-state index contributed by atoms with van der Waals surface area (Å²) in [7, 11) is 4.87. The summed E-state index contributed by atoms with van der Waals surface area (Å²) in [5.74, 6) is 1.05. The number of carbonyl (C=O) groups excluding carboxylic acids is 2. The van der Waals surface area contributed by atoms with E-state index in [0.29, 0.717) is 35.8 Å². The van der Waals surface area contributed by atoms with Gasteiger partial charge in [-0.25, -0.2) is 9.59 Å². The molecule has 8 nitrogen and oxygen atoms in total. The van der Waals surface area contributed by atoms with E-state index in [1.807, 2.05) is 32.9 Å². The maximum absolute atomic E-state index is 12.8. The van der Waals surface area contributed by atoms with Crippen LogP contribution < -0.4 is 15.2 Å². The minimum absolute atomic E-state index is 0.317. The molecule has 2 aromatic rings. The van der Waals surface area contributed by atoms with Gasteiger partial charge in [0, 0.05) is 38.8 Å². The van der Waals surface area contributed by atoms with Crippen molar-refractivity contribution in [2.24, 2.45) is 0 Å². The zero-order chi connectivity index (χ0) is 23.9. The molecule has 0 saturated heterocycles. The minimum atomic E-state index is -0.646. The molecule has 0 heterocycles. The monoisotopic (exact) mass is 443 g/mol. The lowest BCUT2D eigenvalue weighted by atomic mass is 10.0. The van der Waals surface area contributed by atoms with Crippen molar-refractivity contribution in [2.45, 2.75) is 38.8 Å². The maximum atomic E-state index is 12.8. The SMILES string of the molecule is CN(C)C(=O)Oc1ccccc1C(CCOc1ccc(N)cc1)N(C)C(=O)OC(C)(C)C. The first kappa shape index (κ1) is 24.8. The molecule has 0 aliphatic carbocycles. The van der Waals surface area contributed by atoms with E-state index in [2.05, 4.69) is 0 Å². The Morgan fingerprint density at radius 1 is 0.969 bits per heavy atom. The van der Waals surface area contributed by atoms with Gasteiger partial charge in [-0.15, -0.1) is 0 Å². The van der Waals surface area contributed by atoms with Crippen LogP contribution in [-0.2, 0) is 4.74 Å². The number of hydrogen-bond acceptors (Lipinski definition) is 6. The van der Waals surface area contributed by atoms with E-state index in [0.717, 1.165) is 0 Å². The number of carbonyl (C=O) groups is 2. The molecule has 0 fully saturated rings. The molecule has 8 heteroatoms. The van der Waals surface area contributed by atoms with Crippen molar-refractivity contribution < 1.29 is 23.8 Å². The summed E-state index contributed by atoms with van der Waals surface area (Å²) in [5, 5.41) is 0. The fraction of sp³-hybridized carbons (Fsp3) is 0.417. The van der Waals surface area contributed by atoms with Crippen molar-refractivity contribution in [3.63, 3.8) is 0 Å². The zero-order valence-electron chi connectivity index (χ0n) is 19.6. The van der Waals surface area contributed by atoms with Gasteiger partial charge in [0.25, 0.3) is 0 Å². The summed E-state index contributed by atoms with van der Waals surface area (Å²) in [4.78, 5) is 27.8. The number of ether oxygens (including phenoxy) is 3. The van der Waals surface area contributed by atoms with Crippen LogP contribution in [-0.4, -0.2) is 55.3 Å². The fourth-order valence-electron chi connectivity index (χ4n) is 2.91. The Labute approximate surface area is 189 Å². The molecule has 0 bridgehead atoms. The second-order valence-corrected chi connectivity index (χ2v) is 8.61. The predicted octanol–water partition coefficient (Wildman–Crippen LogP) is 4.71. The first-order valence-electron chi connectivity index (χ1n) is 10.4. The molecule has 32 heavy (non-hydrogen) atoms. The molecule has 2 amide bonds. The molecule has 1 atom stereocenters. The van der Waals surface area contributed by atoms with Crippen molar-refractivity contribution in [3.05, 3.63) is 54.1 Å². The van der Waals surface area contributed by atoms with Crippen LogP contribution in [0.1, 0.15) is 38.8 Å². The largest absolute Gasteiger partial charge is 0.494 e. The third-order valence-corrected chi connectivity index (χ3v) is 4.53. The van der Waals surface area contributed by atoms with Gasteiger partial charge in [0.1, 0.15) is 17.1 Å². The molecule has 1 unspecified atom stereocenters. The van der Waals surface area contributed by atoms with Gasteiger partial charge in [-0.3, -0.25) is 0 Å². The number of nitrogens with zero attached hydrogens (tertiary/aromatic N) is 2. The molecule has 2 rings (SSSR count). The number of rotatable bonds is 7. The zero-order valence-corrected chi connectivity index (χ0v) is 19.6. The van der Waals surface area contributed by atoms with Crippen molar-refractivity contribution >= 4 is 17.9 Å². The lowest BCUT2D eigenvalue weighted by Gasteiger charge is -2.32. The van der Waals surface area contributed by atoms with E-state index >= 15 is 0 Å². The first-order chi connectivity index (χ1) is 15.0. The molecule has 2 aromatic carbocycles. The number of nitrogen functional groups attached to an aromatic ring is 1. The smallest absolute Gasteiger partial charge is 0.414 e. The Morgan fingerprint density at radius 3 is 2.19 bits per heavy atom. The standard InChI is InChI=1S/C24H33N3O5/c1-24(2,3)32-23(29)27(6)20(15-16-30-18-13-11-17(25)12-14-18)19-9-7-8-10-21(19)31-22(28)26(4)5/h7-14,20H,15-16,25H2,1-6H3. The van der Waals surface area contributed by atoms with Gasteiger partial charge in [0.2, 0.25) is 0 Å². The van der Waals surface area contributed by atoms with E-state index in [4.69, 9.17) is 19.9 Å². The Hall–Kier alpha value is -3.42. The Kier molecular flexibility index (Phi) is 8.34. The molecule has 174 valence electrons. The van der Waals surface area contributed by atoms with Crippen LogP contribution in [0.15, 0.2) is 48.5 Å². The Morgan fingerprint density at radius 2 is 1.59 bits per heavy atom. The summed E-state index contributed by atoms with van der Waals surface area (Å²) in [6, 6.07) is 13.8. The van der Waals surface area contributed by atoms with Crippen LogP contribution >= 0.6 is 0 Å². The number of amides is 2. The van der Waals surface area contributed by atoms with Crippen molar-refractivity contribution in [2.75, 3.05) is 33.5 Å². The predicted molar refractivity (Wildman–Crippen MR) is 124 cm³/mol. The van der Waals surface area contributed by atoms with Gasteiger partial charge in [-0.1, -0.05) is 18.2 Å². The topological polar surface area (TPSA) is 94.3 Å². The van der Waals surface area contributed by atoms with E-state index in [9.17, 15) is 9.59 Å². The lowest BCUT2D eigenvalue weighted by molar-refractivity contribution is 0.0199. The van der Waals surface area contributed by atoms with E-state index in [1.165, 1.54) is 9.80 Å². The second-order valence-electron chi connectivity index (χ2n) is 8.61. The Balaban J connectivity index is 2.28. The normalized spacial score (nSPS) is 11.9. The van der Waals surface area contributed by atoms with Gasteiger partial charge in [0.05, 0.1) is 12.6 Å². The average Bonchev–Trinajstić information content (AvgIpc) is 2.71. The highest BCUT2D eigenvalue weighted by molar-refractivity contribution is 5.71. The van der Waals surface area contributed by atoms with Gasteiger partial charge < -0.3 is 29.7 Å². The van der Waals surface area contributed by atoms with Crippen LogP contribution in [0, 0.1) is 0 Å². The van der Waals surface area contributed by atoms with E-state index in [-0.39, 0.29) is 0 Å². The lowest BCUT2D eigenvalue weighted by Crippen LogP contribution is -2.37. The third-order valence-electron chi connectivity index (χ3n) is 4.53. The highest BCUT2D eigenvalue weighted by Crippen LogP contribution is 2.33. The van der Waals surface area contributed by atoms with Crippen LogP contribution in [0.3, 0.4) is 0 Å². The first-order valence-corrected chi connectivity index (χ1v) is 10.4. The van der Waals surface area contributed by atoms with Crippen LogP contribution in [0.5, 0.6) is 11.5 Å². The van der Waals surface area contributed by atoms with E-state index in [1.54, 1.807) is 57.5 Å². The highest BCUT2D eigenvalue weighted by atomic mass is 16.6. The average molecular weight is 444 g/mol. The molecule has 0 aliphatic rings. The number of benzene rings is 2. The number of anilines is 1. The molecule has 0 saturated carbocycles. The molecular formula is C24H33N3O5. The van der Waals surface area contributed by atoms with Crippen LogP contribution in [0.4, 0.5) is 15.3 Å². The number of nitrogens with two attached hydrogens (primary N) is 1. The molecule has 0 aliphatic heterocycles. The third kappa shape index (κ3) is 7.37.